The van der Waals surface area contributed by atoms with Crippen LogP contribution in [0.5, 0.6) is 0 Å². The number of pyridine rings is 1. The third-order valence-corrected chi connectivity index (χ3v) is 4.38. The number of Topliss-reactive ketones (excluding diaryl/α,β-unsaturated/α-hetero) is 1. The van der Waals surface area contributed by atoms with E-state index in [9.17, 15) is 4.79 Å². The summed E-state index contributed by atoms with van der Waals surface area (Å²) in [5, 5.41) is 1.19. The normalized spacial score (nSPS) is 15.8. The summed E-state index contributed by atoms with van der Waals surface area (Å²) in [5.41, 5.74) is 3.34. The SMILES string of the molecule is Cc1cc(CCC(=O)C2CCCC2)c2ccccc2n1. The fourth-order valence-electron chi connectivity index (χ4n) is 3.31. The summed E-state index contributed by atoms with van der Waals surface area (Å²) in [7, 11) is 0. The second kappa shape index (κ2) is 5.74. The average Bonchev–Trinajstić information content (AvgIpc) is 2.98. The van der Waals surface area contributed by atoms with Gasteiger partial charge >= 0.3 is 0 Å². The van der Waals surface area contributed by atoms with E-state index in [0.717, 1.165) is 30.5 Å². The molecule has 1 fully saturated rings. The molecule has 2 aromatic rings. The molecule has 1 saturated carbocycles. The lowest BCUT2D eigenvalue weighted by Gasteiger charge is -2.10. The maximum Gasteiger partial charge on any atom is 0.136 e. The molecule has 0 spiro atoms. The van der Waals surface area contributed by atoms with Gasteiger partial charge in [-0.15, -0.1) is 0 Å². The Morgan fingerprint density at radius 3 is 2.80 bits per heavy atom. The molecule has 20 heavy (non-hydrogen) atoms. The standard InChI is InChI=1S/C18H21NO/c1-13-12-15(16-8-4-5-9-17(16)19-13)10-11-18(20)14-6-2-3-7-14/h4-5,8-9,12,14H,2-3,6-7,10-11H2,1H3. The van der Waals surface area contributed by atoms with E-state index in [4.69, 9.17) is 0 Å². The largest absolute Gasteiger partial charge is 0.299 e. The van der Waals surface area contributed by atoms with Crippen molar-refractivity contribution >= 4 is 16.7 Å². The zero-order chi connectivity index (χ0) is 13.9. The second-order valence-electron chi connectivity index (χ2n) is 5.89. The van der Waals surface area contributed by atoms with Crippen molar-refractivity contribution in [2.45, 2.75) is 45.4 Å². The minimum atomic E-state index is 0.337. The quantitative estimate of drug-likeness (QED) is 0.829. The predicted octanol–water partition coefficient (Wildman–Crippen LogP) is 4.24. The van der Waals surface area contributed by atoms with E-state index in [1.165, 1.54) is 23.8 Å². The van der Waals surface area contributed by atoms with Crippen LogP contribution < -0.4 is 0 Å². The smallest absolute Gasteiger partial charge is 0.136 e. The fraction of sp³-hybridized carbons (Fsp3) is 0.444. The molecular formula is C18H21NO. The summed E-state index contributed by atoms with van der Waals surface area (Å²) in [5.74, 6) is 0.797. The number of hydrogen-bond donors (Lipinski definition) is 0. The highest BCUT2D eigenvalue weighted by Gasteiger charge is 2.22. The van der Waals surface area contributed by atoms with Gasteiger partial charge in [-0.2, -0.15) is 0 Å². The first kappa shape index (κ1) is 13.3. The lowest BCUT2D eigenvalue weighted by Crippen LogP contribution is -2.11. The van der Waals surface area contributed by atoms with Crippen molar-refractivity contribution < 1.29 is 4.79 Å². The summed E-state index contributed by atoms with van der Waals surface area (Å²) in [6, 6.07) is 10.3. The molecular weight excluding hydrogens is 246 g/mol. The van der Waals surface area contributed by atoms with Gasteiger partial charge in [-0.25, -0.2) is 0 Å². The topological polar surface area (TPSA) is 30.0 Å². The molecule has 0 bridgehead atoms. The first-order valence-corrected chi connectivity index (χ1v) is 7.62. The van der Waals surface area contributed by atoms with Gasteiger partial charge in [-0.05, 0) is 43.9 Å². The number of ketones is 1. The van der Waals surface area contributed by atoms with Crippen LogP contribution in [0.15, 0.2) is 30.3 Å². The zero-order valence-corrected chi connectivity index (χ0v) is 12.1. The van der Waals surface area contributed by atoms with Crippen LogP contribution in [-0.2, 0) is 11.2 Å². The Hall–Kier alpha value is -1.70. The molecule has 0 N–H and O–H groups in total. The van der Waals surface area contributed by atoms with Gasteiger partial charge in [0.15, 0.2) is 0 Å². The van der Waals surface area contributed by atoms with Crippen LogP contribution in [-0.4, -0.2) is 10.8 Å². The van der Waals surface area contributed by atoms with Crippen molar-refractivity contribution in [1.29, 1.82) is 0 Å². The van der Waals surface area contributed by atoms with E-state index in [1.807, 2.05) is 25.1 Å². The first-order valence-electron chi connectivity index (χ1n) is 7.62. The van der Waals surface area contributed by atoms with Crippen LogP contribution in [0, 0.1) is 12.8 Å². The number of fused-ring (bicyclic) bond motifs is 1. The maximum atomic E-state index is 12.2. The number of carbonyl (C=O) groups is 1. The number of benzene rings is 1. The number of carbonyl (C=O) groups excluding carboxylic acids is 1. The Morgan fingerprint density at radius 2 is 2.00 bits per heavy atom. The molecule has 0 aliphatic heterocycles. The van der Waals surface area contributed by atoms with Gasteiger partial charge in [0.2, 0.25) is 0 Å². The molecule has 1 aliphatic carbocycles. The van der Waals surface area contributed by atoms with Gasteiger partial charge in [0, 0.05) is 23.4 Å². The number of nitrogens with zero attached hydrogens (tertiary/aromatic N) is 1. The average molecular weight is 267 g/mol. The van der Waals surface area contributed by atoms with Crippen molar-refractivity contribution in [3.8, 4) is 0 Å². The molecule has 1 aliphatic rings. The van der Waals surface area contributed by atoms with Crippen LogP contribution in [0.2, 0.25) is 0 Å². The highest BCUT2D eigenvalue weighted by atomic mass is 16.1. The number of rotatable bonds is 4. The molecule has 3 rings (SSSR count). The van der Waals surface area contributed by atoms with Crippen molar-refractivity contribution in [3.63, 3.8) is 0 Å². The van der Waals surface area contributed by atoms with E-state index in [0.29, 0.717) is 18.1 Å². The van der Waals surface area contributed by atoms with E-state index < -0.39 is 0 Å². The summed E-state index contributed by atoms with van der Waals surface area (Å²) in [4.78, 5) is 16.8. The van der Waals surface area contributed by atoms with E-state index in [2.05, 4.69) is 17.1 Å². The first-order chi connectivity index (χ1) is 9.74. The second-order valence-corrected chi connectivity index (χ2v) is 5.89. The van der Waals surface area contributed by atoms with Crippen LogP contribution in [0.4, 0.5) is 0 Å². The van der Waals surface area contributed by atoms with Crippen molar-refractivity contribution in [2.75, 3.05) is 0 Å². The summed E-state index contributed by atoms with van der Waals surface area (Å²) < 4.78 is 0. The van der Waals surface area contributed by atoms with Gasteiger partial charge in [-0.1, -0.05) is 31.0 Å². The van der Waals surface area contributed by atoms with E-state index in [-0.39, 0.29) is 0 Å². The summed E-state index contributed by atoms with van der Waals surface area (Å²) in [6.07, 6.45) is 6.20. The third-order valence-electron chi connectivity index (χ3n) is 4.38. The molecule has 2 heteroatoms. The number of aryl methyl sites for hydroxylation is 2. The highest BCUT2D eigenvalue weighted by molar-refractivity contribution is 5.85. The number of hydrogen-bond acceptors (Lipinski definition) is 2. The zero-order valence-electron chi connectivity index (χ0n) is 12.1. The molecule has 1 aromatic heterocycles. The molecule has 2 nitrogen and oxygen atoms in total. The minimum absolute atomic E-state index is 0.337. The minimum Gasteiger partial charge on any atom is -0.299 e. The van der Waals surface area contributed by atoms with Crippen LogP contribution in [0.1, 0.15) is 43.4 Å². The van der Waals surface area contributed by atoms with Crippen molar-refractivity contribution in [1.82, 2.24) is 4.98 Å². The Morgan fingerprint density at radius 1 is 1.25 bits per heavy atom. The molecule has 104 valence electrons. The van der Waals surface area contributed by atoms with Gasteiger partial charge in [0.05, 0.1) is 5.52 Å². The lowest BCUT2D eigenvalue weighted by atomic mass is 9.95. The van der Waals surface area contributed by atoms with Crippen LogP contribution in [0.3, 0.4) is 0 Å². The lowest BCUT2D eigenvalue weighted by molar-refractivity contribution is -0.122. The van der Waals surface area contributed by atoms with Gasteiger partial charge in [0.1, 0.15) is 5.78 Å². The Kier molecular flexibility index (Phi) is 3.81. The predicted molar refractivity (Wildman–Crippen MR) is 81.8 cm³/mol. The van der Waals surface area contributed by atoms with Gasteiger partial charge in [0.25, 0.3) is 0 Å². The van der Waals surface area contributed by atoms with E-state index >= 15 is 0 Å². The molecule has 0 radical (unpaired) electrons. The summed E-state index contributed by atoms with van der Waals surface area (Å²) >= 11 is 0. The molecule has 0 atom stereocenters. The molecule has 1 heterocycles. The molecule has 1 aromatic carbocycles. The van der Waals surface area contributed by atoms with E-state index in [1.54, 1.807) is 0 Å². The maximum absolute atomic E-state index is 12.2. The Bertz CT molecular complexity index is 626. The summed E-state index contributed by atoms with van der Waals surface area (Å²) in [6.45, 7) is 2.02. The third kappa shape index (κ3) is 2.74. The number of aromatic nitrogens is 1. The van der Waals surface area contributed by atoms with Crippen molar-refractivity contribution in [2.24, 2.45) is 5.92 Å². The van der Waals surface area contributed by atoms with Gasteiger partial charge in [-0.3, -0.25) is 9.78 Å². The van der Waals surface area contributed by atoms with Crippen molar-refractivity contribution in [3.05, 3.63) is 41.6 Å². The Labute approximate surface area is 120 Å². The van der Waals surface area contributed by atoms with Crippen LogP contribution >= 0.6 is 0 Å². The highest BCUT2D eigenvalue weighted by Crippen LogP contribution is 2.27. The molecule has 0 amide bonds. The fourth-order valence-corrected chi connectivity index (χ4v) is 3.31. The van der Waals surface area contributed by atoms with Crippen LogP contribution in [0.25, 0.3) is 10.9 Å². The Balaban J connectivity index is 1.78. The number of para-hydroxylation sites is 1. The molecule has 0 saturated heterocycles. The molecule has 0 unspecified atom stereocenters. The monoisotopic (exact) mass is 267 g/mol. The van der Waals surface area contributed by atoms with Gasteiger partial charge < -0.3 is 0 Å².